The Kier molecular flexibility index (Phi) is 6.32. The summed E-state index contributed by atoms with van der Waals surface area (Å²) in [5.74, 6) is 1.63. The van der Waals surface area contributed by atoms with Crippen LogP contribution in [-0.4, -0.2) is 24.6 Å². The summed E-state index contributed by atoms with van der Waals surface area (Å²) < 4.78 is 21.3. The number of hydrogen-bond donors (Lipinski definition) is 1. The van der Waals surface area contributed by atoms with Crippen LogP contribution in [0.4, 0.5) is 4.39 Å². The van der Waals surface area contributed by atoms with E-state index in [0.29, 0.717) is 17.8 Å². The van der Waals surface area contributed by atoms with Gasteiger partial charge in [0, 0.05) is 25.0 Å². The average Bonchev–Trinajstić information content (AvgIpc) is 2.84. The average molecular weight is 437 g/mol. The minimum atomic E-state index is -0.108. The van der Waals surface area contributed by atoms with E-state index in [1.165, 1.54) is 5.56 Å². The molecule has 1 aliphatic heterocycles. The quantitative estimate of drug-likeness (QED) is 0.587. The number of carbonyl (C=O) groups is 1. The van der Waals surface area contributed by atoms with Gasteiger partial charge in [-0.2, -0.15) is 0 Å². The third kappa shape index (κ3) is 4.22. The van der Waals surface area contributed by atoms with Gasteiger partial charge in [0.15, 0.2) is 0 Å². The molecule has 1 saturated heterocycles. The van der Waals surface area contributed by atoms with E-state index >= 15 is 4.39 Å². The highest BCUT2D eigenvalue weighted by Crippen LogP contribution is 2.48. The molecular weight excluding hydrogens is 403 g/mol. The summed E-state index contributed by atoms with van der Waals surface area (Å²) in [7, 11) is 0. The molecule has 0 unspecified atom stereocenters. The Labute approximate surface area is 190 Å². The summed E-state index contributed by atoms with van der Waals surface area (Å²) in [6.45, 7) is 1.59. The third-order valence-corrected chi connectivity index (χ3v) is 8.30. The van der Waals surface area contributed by atoms with Gasteiger partial charge in [-0.3, -0.25) is 0 Å². The third-order valence-electron chi connectivity index (χ3n) is 8.30. The Morgan fingerprint density at radius 3 is 2.38 bits per heavy atom. The van der Waals surface area contributed by atoms with Crippen molar-refractivity contribution >= 4 is 6.29 Å². The molecule has 1 N–H and O–H groups in total. The summed E-state index contributed by atoms with van der Waals surface area (Å²) >= 11 is 0. The first-order valence-electron chi connectivity index (χ1n) is 12.3. The van der Waals surface area contributed by atoms with Crippen LogP contribution in [0, 0.1) is 23.6 Å². The molecule has 2 aromatic carbocycles. The van der Waals surface area contributed by atoms with Crippen LogP contribution >= 0.6 is 0 Å². The van der Waals surface area contributed by atoms with Gasteiger partial charge in [-0.05, 0) is 110 Å². The summed E-state index contributed by atoms with van der Waals surface area (Å²) in [5, 5.41) is 10.0. The van der Waals surface area contributed by atoms with Crippen LogP contribution in [0.25, 0.3) is 0 Å². The Hall–Kier alpha value is -2.20. The largest absolute Gasteiger partial charge is 0.508 e. The molecule has 3 aliphatic rings. The molecule has 0 spiro atoms. The molecule has 0 radical (unpaired) electrons. The summed E-state index contributed by atoms with van der Waals surface area (Å²) in [6, 6.07) is 11.5. The summed E-state index contributed by atoms with van der Waals surface area (Å²) in [5.41, 5.74) is 4.18. The number of rotatable bonds is 4. The molecular formula is C28H33FO3. The molecule has 2 atom stereocenters. The minimum Gasteiger partial charge on any atom is -0.508 e. The summed E-state index contributed by atoms with van der Waals surface area (Å²) in [6.07, 6.45) is 8.82. The molecule has 4 heteroatoms. The number of halogens is 1. The monoisotopic (exact) mass is 436 g/mol. The Balaban J connectivity index is 1.48. The Bertz CT molecular complexity index is 957. The van der Waals surface area contributed by atoms with E-state index in [-0.39, 0.29) is 23.4 Å². The predicted octanol–water partition coefficient (Wildman–Crippen LogP) is 6.12. The first-order chi connectivity index (χ1) is 15.6. The number of hydrogen-bond acceptors (Lipinski definition) is 3. The second kappa shape index (κ2) is 9.35. The van der Waals surface area contributed by atoms with E-state index in [9.17, 15) is 9.90 Å². The van der Waals surface area contributed by atoms with E-state index in [0.717, 1.165) is 87.6 Å². The smallest absolute Gasteiger partial charge is 0.127 e. The van der Waals surface area contributed by atoms with E-state index in [1.807, 2.05) is 18.2 Å². The van der Waals surface area contributed by atoms with E-state index < -0.39 is 0 Å². The van der Waals surface area contributed by atoms with Gasteiger partial charge in [-0.25, -0.2) is 4.39 Å². The van der Waals surface area contributed by atoms with Crippen LogP contribution in [0.2, 0.25) is 0 Å². The van der Waals surface area contributed by atoms with Crippen molar-refractivity contribution < 1.29 is 19.0 Å². The molecule has 0 aromatic heterocycles. The number of aromatic hydroxyl groups is 1. The lowest BCUT2D eigenvalue weighted by molar-refractivity contribution is -0.111. The maximum atomic E-state index is 15.7. The topological polar surface area (TPSA) is 46.5 Å². The number of aldehydes is 1. The SMILES string of the molecule is O=CC1CCC(c2ccc([C@@H]3c4ccc(O)cc4CC[C@@H]3C3CCOCC3)c(F)c2)CC1. The molecule has 5 rings (SSSR count). The van der Waals surface area contributed by atoms with E-state index in [2.05, 4.69) is 6.07 Å². The second-order valence-electron chi connectivity index (χ2n) is 10.0. The van der Waals surface area contributed by atoms with Crippen LogP contribution in [0.15, 0.2) is 36.4 Å². The van der Waals surface area contributed by atoms with Crippen molar-refractivity contribution in [3.05, 3.63) is 64.5 Å². The molecule has 1 heterocycles. The number of aryl methyl sites for hydroxylation is 1. The minimum absolute atomic E-state index is 0.0160. The maximum absolute atomic E-state index is 15.7. The molecule has 32 heavy (non-hydrogen) atoms. The van der Waals surface area contributed by atoms with Crippen LogP contribution in [0.5, 0.6) is 5.75 Å². The lowest BCUT2D eigenvalue weighted by atomic mass is 9.65. The van der Waals surface area contributed by atoms with Gasteiger partial charge in [0.05, 0.1) is 0 Å². The number of phenolic OH excluding ortho intramolecular Hbond substituents is 1. The first-order valence-corrected chi connectivity index (χ1v) is 12.3. The lowest BCUT2D eigenvalue weighted by Gasteiger charge is -2.40. The highest BCUT2D eigenvalue weighted by Gasteiger charge is 2.38. The van der Waals surface area contributed by atoms with E-state index in [4.69, 9.17) is 4.74 Å². The van der Waals surface area contributed by atoms with Crippen molar-refractivity contribution in [2.24, 2.45) is 17.8 Å². The lowest BCUT2D eigenvalue weighted by Crippen LogP contribution is -2.32. The molecule has 170 valence electrons. The predicted molar refractivity (Wildman–Crippen MR) is 122 cm³/mol. The Morgan fingerprint density at radius 1 is 0.906 bits per heavy atom. The fourth-order valence-corrected chi connectivity index (χ4v) is 6.52. The van der Waals surface area contributed by atoms with Gasteiger partial charge in [0.2, 0.25) is 0 Å². The number of carbonyl (C=O) groups excluding carboxylic acids is 1. The standard InChI is InChI=1S/C28H33FO3/c29-27-16-21(19-3-1-18(17-30)2-4-19)5-9-26(27)28-24(20-11-13-32-14-12-20)8-6-22-15-23(31)7-10-25(22)28/h5,7,9-10,15-20,24,28,31H,1-4,6,8,11-14H2/t18?,19?,24-,28+/m1/s1. The molecule has 0 bridgehead atoms. The highest BCUT2D eigenvalue weighted by atomic mass is 19.1. The fraction of sp³-hybridized carbons (Fsp3) is 0.536. The number of fused-ring (bicyclic) bond motifs is 1. The number of phenols is 1. The second-order valence-corrected chi connectivity index (χ2v) is 10.0. The van der Waals surface area contributed by atoms with Gasteiger partial charge < -0.3 is 14.6 Å². The zero-order chi connectivity index (χ0) is 22.1. The van der Waals surface area contributed by atoms with E-state index in [1.54, 1.807) is 12.1 Å². The zero-order valence-electron chi connectivity index (χ0n) is 18.6. The van der Waals surface area contributed by atoms with Crippen molar-refractivity contribution in [2.45, 2.75) is 63.2 Å². The summed E-state index contributed by atoms with van der Waals surface area (Å²) in [4.78, 5) is 11.1. The zero-order valence-corrected chi connectivity index (χ0v) is 18.6. The van der Waals surface area contributed by atoms with Crippen molar-refractivity contribution in [1.82, 2.24) is 0 Å². The fourth-order valence-electron chi connectivity index (χ4n) is 6.52. The molecule has 2 aliphatic carbocycles. The number of benzene rings is 2. The van der Waals surface area contributed by atoms with Gasteiger partial charge in [0.25, 0.3) is 0 Å². The van der Waals surface area contributed by atoms with Crippen molar-refractivity contribution in [3.8, 4) is 5.75 Å². The van der Waals surface area contributed by atoms with Gasteiger partial charge in [-0.15, -0.1) is 0 Å². The molecule has 2 aromatic rings. The van der Waals surface area contributed by atoms with Crippen molar-refractivity contribution in [2.75, 3.05) is 13.2 Å². The van der Waals surface area contributed by atoms with Gasteiger partial charge >= 0.3 is 0 Å². The van der Waals surface area contributed by atoms with Crippen molar-refractivity contribution in [1.29, 1.82) is 0 Å². The number of ether oxygens (including phenoxy) is 1. The molecule has 3 nitrogen and oxygen atoms in total. The molecule has 1 saturated carbocycles. The van der Waals surface area contributed by atoms with Crippen molar-refractivity contribution in [3.63, 3.8) is 0 Å². The van der Waals surface area contributed by atoms with Crippen LogP contribution < -0.4 is 0 Å². The molecule has 0 amide bonds. The van der Waals surface area contributed by atoms with Crippen LogP contribution in [0.3, 0.4) is 0 Å². The maximum Gasteiger partial charge on any atom is 0.127 e. The Morgan fingerprint density at radius 2 is 1.66 bits per heavy atom. The van der Waals surface area contributed by atoms with Crippen LogP contribution in [-0.2, 0) is 16.0 Å². The first kappa shape index (κ1) is 21.6. The van der Waals surface area contributed by atoms with Crippen LogP contribution in [0.1, 0.15) is 79.0 Å². The van der Waals surface area contributed by atoms with Gasteiger partial charge in [-0.1, -0.05) is 18.2 Å². The van der Waals surface area contributed by atoms with Gasteiger partial charge in [0.1, 0.15) is 17.9 Å². The molecule has 2 fully saturated rings. The normalized spacial score (nSPS) is 28.8. The highest BCUT2D eigenvalue weighted by molar-refractivity contribution is 5.53.